The van der Waals surface area contributed by atoms with Gasteiger partial charge in [0.1, 0.15) is 6.10 Å². The Morgan fingerprint density at radius 3 is 2.64 bits per heavy atom. The summed E-state index contributed by atoms with van der Waals surface area (Å²) in [5.41, 5.74) is 1.05. The molecular formula is C18H27N5O2. The lowest BCUT2D eigenvalue weighted by Gasteiger charge is -2.19. The van der Waals surface area contributed by atoms with Crippen molar-refractivity contribution in [3.63, 3.8) is 0 Å². The summed E-state index contributed by atoms with van der Waals surface area (Å²) in [5.74, 6) is 2.21. The number of para-hydroxylation sites is 2. The normalized spacial score (nSPS) is 12.6. The van der Waals surface area contributed by atoms with Crippen molar-refractivity contribution < 1.29 is 9.47 Å². The third-order valence-electron chi connectivity index (χ3n) is 3.62. The van der Waals surface area contributed by atoms with E-state index in [2.05, 4.69) is 20.7 Å². The van der Waals surface area contributed by atoms with E-state index in [1.165, 1.54) is 0 Å². The van der Waals surface area contributed by atoms with Crippen molar-refractivity contribution in [2.24, 2.45) is 12.0 Å². The second-order valence-corrected chi connectivity index (χ2v) is 5.60. The van der Waals surface area contributed by atoms with E-state index in [9.17, 15) is 0 Å². The van der Waals surface area contributed by atoms with Gasteiger partial charge in [0.25, 0.3) is 0 Å². The largest absolute Gasteiger partial charge is 0.493 e. The van der Waals surface area contributed by atoms with E-state index in [1.807, 2.05) is 55.9 Å². The third-order valence-corrected chi connectivity index (χ3v) is 3.62. The van der Waals surface area contributed by atoms with Crippen LogP contribution in [0.3, 0.4) is 0 Å². The summed E-state index contributed by atoms with van der Waals surface area (Å²) in [6.07, 6.45) is 1.73. The van der Waals surface area contributed by atoms with E-state index in [0.29, 0.717) is 13.1 Å². The van der Waals surface area contributed by atoms with Crippen LogP contribution in [0.15, 0.2) is 41.5 Å². The molecule has 1 aromatic heterocycles. The molecule has 0 fully saturated rings. The fourth-order valence-electron chi connectivity index (χ4n) is 2.27. The Bertz CT molecular complexity index is 684. The van der Waals surface area contributed by atoms with Gasteiger partial charge in [-0.25, -0.2) is 4.99 Å². The molecule has 1 unspecified atom stereocenters. The second-order valence-electron chi connectivity index (χ2n) is 5.60. The lowest BCUT2D eigenvalue weighted by Crippen LogP contribution is -2.41. The Balaban J connectivity index is 1.90. The maximum absolute atomic E-state index is 5.95. The van der Waals surface area contributed by atoms with Crippen LogP contribution in [-0.2, 0) is 13.6 Å². The molecule has 1 aromatic carbocycles. The summed E-state index contributed by atoms with van der Waals surface area (Å²) in [7, 11) is 3.55. The van der Waals surface area contributed by atoms with Crippen molar-refractivity contribution in [1.82, 2.24) is 20.4 Å². The summed E-state index contributed by atoms with van der Waals surface area (Å²) in [4.78, 5) is 4.58. The summed E-state index contributed by atoms with van der Waals surface area (Å²) in [6.45, 7) is 6.02. The van der Waals surface area contributed by atoms with Crippen LogP contribution in [0.25, 0.3) is 0 Å². The molecule has 2 rings (SSSR count). The first-order chi connectivity index (χ1) is 12.1. The number of hydrogen-bond donors (Lipinski definition) is 2. The molecule has 0 bridgehead atoms. The fraction of sp³-hybridized carbons (Fsp3) is 0.444. The molecule has 1 atom stereocenters. The van der Waals surface area contributed by atoms with E-state index in [-0.39, 0.29) is 6.10 Å². The predicted octanol–water partition coefficient (Wildman–Crippen LogP) is 1.95. The molecule has 25 heavy (non-hydrogen) atoms. The minimum atomic E-state index is -0.0446. The van der Waals surface area contributed by atoms with Gasteiger partial charge in [-0.05, 0) is 32.0 Å². The lowest BCUT2D eigenvalue weighted by atomic mass is 10.3. The van der Waals surface area contributed by atoms with Crippen LogP contribution in [0, 0.1) is 0 Å². The van der Waals surface area contributed by atoms with Gasteiger partial charge in [-0.3, -0.25) is 4.68 Å². The SMILES string of the molecule is CCNC(=NCc1ccnn1C)NCC(C)Oc1ccccc1OC. The first kappa shape index (κ1) is 18.6. The van der Waals surface area contributed by atoms with E-state index >= 15 is 0 Å². The topological polar surface area (TPSA) is 72.7 Å². The summed E-state index contributed by atoms with van der Waals surface area (Å²) >= 11 is 0. The van der Waals surface area contributed by atoms with Crippen LogP contribution in [-0.4, -0.2) is 42.0 Å². The molecular weight excluding hydrogens is 318 g/mol. The minimum absolute atomic E-state index is 0.0446. The highest BCUT2D eigenvalue weighted by atomic mass is 16.5. The highest BCUT2D eigenvalue weighted by Gasteiger charge is 2.09. The molecule has 7 nitrogen and oxygen atoms in total. The van der Waals surface area contributed by atoms with E-state index in [1.54, 1.807) is 13.3 Å². The van der Waals surface area contributed by atoms with Crippen molar-refractivity contribution in [2.45, 2.75) is 26.5 Å². The van der Waals surface area contributed by atoms with Crippen molar-refractivity contribution in [3.05, 3.63) is 42.2 Å². The van der Waals surface area contributed by atoms with Crippen LogP contribution in [0.2, 0.25) is 0 Å². The Kier molecular flexibility index (Phi) is 7.13. The monoisotopic (exact) mass is 345 g/mol. The zero-order chi connectivity index (χ0) is 18.1. The first-order valence-corrected chi connectivity index (χ1v) is 8.42. The van der Waals surface area contributed by atoms with Gasteiger partial charge in [0.2, 0.25) is 0 Å². The van der Waals surface area contributed by atoms with Crippen LogP contribution in [0.1, 0.15) is 19.5 Å². The standard InChI is InChI=1S/C18H27N5O2/c1-5-19-18(21-13-15-10-11-22-23(15)3)20-12-14(2)25-17-9-7-6-8-16(17)24-4/h6-11,14H,5,12-13H2,1-4H3,(H2,19,20,21). The number of nitrogens with zero attached hydrogens (tertiary/aromatic N) is 3. The zero-order valence-electron chi connectivity index (χ0n) is 15.3. The number of nitrogens with one attached hydrogen (secondary N) is 2. The molecule has 7 heteroatoms. The van der Waals surface area contributed by atoms with Gasteiger partial charge in [-0.15, -0.1) is 0 Å². The molecule has 0 saturated carbocycles. The van der Waals surface area contributed by atoms with Crippen LogP contribution < -0.4 is 20.1 Å². The molecule has 2 aromatic rings. The molecule has 0 saturated heterocycles. The predicted molar refractivity (Wildman–Crippen MR) is 99.1 cm³/mol. The fourth-order valence-corrected chi connectivity index (χ4v) is 2.27. The average Bonchev–Trinajstić information content (AvgIpc) is 3.03. The van der Waals surface area contributed by atoms with Gasteiger partial charge >= 0.3 is 0 Å². The smallest absolute Gasteiger partial charge is 0.191 e. The third kappa shape index (κ3) is 5.70. The minimum Gasteiger partial charge on any atom is -0.493 e. The van der Waals surface area contributed by atoms with Crippen molar-refractivity contribution >= 4 is 5.96 Å². The van der Waals surface area contributed by atoms with Crippen LogP contribution >= 0.6 is 0 Å². The highest BCUT2D eigenvalue weighted by Crippen LogP contribution is 2.26. The summed E-state index contributed by atoms with van der Waals surface area (Å²) in [6, 6.07) is 9.59. The Morgan fingerprint density at radius 1 is 1.24 bits per heavy atom. The quantitative estimate of drug-likeness (QED) is 0.565. The second kappa shape index (κ2) is 9.56. The molecule has 0 aliphatic heterocycles. The number of methoxy groups -OCH3 is 1. The van der Waals surface area contributed by atoms with Gasteiger partial charge in [0.15, 0.2) is 17.5 Å². The van der Waals surface area contributed by atoms with Crippen LogP contribution in [0.5, 0.6) is 11.5 Å². The maximum atomic E-state index is 5.95. The molecule has 136 valence electrons. The van der Waals surface area contributed by atoms with E-state index in [0.717, 1.165) is 29.7 Å². The molecule has 0 aliphatic carbocycles. The van der Waals surface area contributed by atoms with E-state index < -0.39 is 0 Å². The van der Waals surface area contributed by atoms with Crippen molar-refractivity contribution in [3.8, 4) is 11.5 Å². The number of ether oxygens (including phenoxy) is 2. The Morgan fingerprint density at radius 2 is 2.00 bits per heavy atom. The molecule has 2 N–H and O–H groups in total. The zero-order valence-corrected chi connectivity index (χ0v) is 15.3. The van der Waals surface area contributed by atoms with Gasteiger partial charge in [0, 0.05) is 19.8 Å². The molecule has 1 heterocycles. The van der Waals surface area contributed by atoms with Crippen molar-refractivity contribution in [2.75, 3.05) is 20.2 Å². The van der Waals surface area contributed by atoms with Crippen LogP contribution in [0.4, 0.5) is 0 Å². The summed E-state index contributed by atoms with van der Waals surface area (Å²) < 4.78 is 13.1. The first-order valence-electron chi connectivity index (χ1n) is 8.42. The van der Waals surface area contributed by atoms with Gasteiger partial charge in [-0.1, -0.05) is 12.1 Å². The van der Waals surface area contributed by atoms with Gasteiger partial charge < -0.3 is 20.1 Å². The number of guanidine groups is 1. The Labute approximate surface area is 149 Å². The summed E-state index contributed by atoms with van der Waals surface area (Å²) in [5, 5.41) is 10.7. The number of aryl methyl sites for hydroxylation is 1. The molecule has 0 radical (unpaired) electrons. The molecule has 0 spiro atoms. The molecule has 0 amide bonds. The highest BCUT2D eigenvalue weighted by molar-refractivity contribution is 5.79. The van der Waals surface area contributed by atoms with Gasteiger partial charge in [-0.2, -0.15) is 5.10 Å². The van der Waals surface area contributed by atoms with Gasteiger partial charge in [0.05, 0.1) is 25.9 Å². The lowest BCUT2D eigenvalue weighted by molar-refractivity contribution is 0.213. The number of rotatable bonds is 8. The maximum Gasteiger partial charge on any atom is 0.191 e. The number of aromatic nitrogens is 2. The number of benzene rings is 1. The van der Waals surface area contributed by atoms with Crippen molar-refractivity contribution in [1.29, 1.82) is 0 Å². The van der Waals surface area contributed by atoms with E-state index in [4.69, 9.17) is 9.47 Å². The number of aliphatic imine (C=N–C) groups is 1. The molecule has 0 aliphatic rings. The number of hydrogen-bond acceptors (Lipinski definition) is 4. The Hall–Kier alpha value is -2.70. The average molecular weight is 345 g/mol.